The molecule has 1 aromatic rings. The fourth-order valence-corrected chi connectivity index (χ4v) is 2.26. The van der Waals surface area contributed by atoms with Gasteiger partial charge in [0.15, 0.2) is 0 Å². The van der Waals surface area contributed by atoms with Crippen molar-refractivity contribution < 1.29 is 0 Å². The molecule has 2 heterocycles. The Morgan fingerprint density at radius 2 is 2.06 bits per heavy atom. The van der Waals surface area contributed by atoms with E-state index in [9.17, 15) is 0 Å². The minimum Gasteiger partial charge on any atom is -0.394 e. The number of piperazine rings is 1. The maximum Gasteiger partial charge on any atom is 0.150 e. The van der Waals surface area contributed by atoms with E-state index in [-0.39, 0.29) is 0 Å². The zero-order chi connectivity index (χ0) is 11.5. The van der Waals surface area contributed by atoms with Crippen LogP contribution >= 0.6 is 0 Å². The summed E-state index contributed by atoms with van der Waals surface area (Å²) in [6.45, 7) is 6.21. The van der Waals surface area contributed by atoms with Crippen molar-refractivity contribution in [2.24, 2.45) is 7.05 Å². The average molecular weight is 223 g/mol. The van der Waals surface area contributed by atoms with Crippen LogP contribution in [-0.2, 0) is 13.5 Å². The molecule has 1 aliphatic heterocycles. The topological polar surface area (TPSA) is 59.1 Å². The number of aryl methyl sites for hydroxylation is 2. The molecule has 1 saturated heterocycles. The molecule has 1 aromatic heterocycles. The van der Waals surface area contributed by atoms with E-state index >= 15 is 0 Å². The smallest absolute Gasteiger partial charge is 0.150 e. The Hall–Kier alpha value is -1.23. The highest BCUT2D eigenvalue weighted by Crippen LogP contribution is 2.27. The predicted octanol–water partition coefficient (Wildman–Crippen LogP) is 0.364. The number of aromatic nitrogens is 2. The van der Waals surface area contributed by atoms with Crippen LogP contribution in [0, 0.1) is 0 Å². The standard InChI is InChI=1S/C11H21N5/c1-3-4-9-10(12)11(15(2)14-9)16-7-5-13-6-8-16/h13H,3-8,12H2,1-2H3. The zero-order valence-electron chi connectivity index (χ0n) is 10.2. The van der Waals surface area contributed by atoms with E-state index in [1.54, 1.807) is 0 Å². The summed E-state index contributed by atoms with van der Waals surface area (Å²) in [4.78, 5) is 2.32. The summed E-state index contributed by atoms with van der Waals surface area (Å²) >= 11 is 0. The van der Waals surface area contributed by atoms with Crippen LogP contribution in [0.15, 0.2) is 0 Å². The minimum absolute atomic E-state index is 0.867. The second-order valence-electron chi connectivity index (χ2n) is 4.29. The van der Waals surface area contributed by atoms with Crippen LogP contribution in [-0.4, -0.2) is 36.0 Å². The van der Waals surface area contributed by atoms with Gasteiger partial charge in [0, 0.05) is 33.2 Å². The molecule has 2 rings (SSSR count). The Labute approximate surface area is 96.6 Å². The predicted molar refractivity (Wildman–Crippen MR) is 66.7 cm³/mol. The molecule has 0 amide bonds. The molecule has 90 valence electrons. The lowest BCUT2D eigenvalue weighted by Crippen LogP contribution is -2.44. The van der Waals surface area contributed by atoms with Crippen LogP contribution in [0.5, 0.6) is 0 Å². The zero-order valence-corrected chi connectivity index (χ0v) is 10.2. The summed E-state index contributed by atoms with van der Waals surface area (Å²) in [5.41, 5.74) is 8.08. The molecule has 0 atom stereocenters. The minimum atomic E-state index is 0.867. The largest absolute Gasteiger partial charge is 0.394 e. The Bertz CT molecular complexity index is 352. The lowest BCUT2D eigenvalue weighted by Gasteiger charge is -2.29. The molecular formula is C11H21N5. The van der Waals surface area contributed by atoms with Crippen molar-refractivity contribution >= 4 is 11.5 Å². The van der Waals surface area contributed by atoms with Gasteiger partial charge < -0.3 is 16.0 Å². The van der Waals surface area contributed by atoms with Gasteiger partial charge in [0.25, 0.3) is 0 Å². The Balaban J connectivity index is 2.24. The maximum atomic E-state index is 6.18. The third-order valence-electron chi connectivity index (χ3n) is 3.03. The second kappa shape index (κ2) is 4.74. The van der Waals surface area contributed by atoms with Crippen LogP contribution in [0.25, 0.3) is 0 Å². The van der Waals surface area contributed by atoms with Crippen molar-refractivity contribution in [3.63, 3.8) is 0 Å². The normalized spacial score (nSPS) is 16.8. The molecule has 1 fully saturated rings. The molecule has 5 heteroatoms. The van der Waals surface area contributed by atoms with E-state index in [2.05, 4.69) is 22.2 Å². The van der Waals surface area contributed by atoms with Crippen molar-refractivity contribution in [3.05, 3.63) is 5.69 Å². The van der Waals surface area contributed by atoms with Gasteiger partial charge in [0.05, 0.1) is 11.4 Å². The first-order valence-corrected chi connectivity index (χ1v) is 6.01. The number of nitrogens with two attached hydrogens (primary N) is 1. The second-order valence-corrected chi connectivity index (χ2v) is 4.29. The number of nitrogen functional groups attached to an aromatic ring is 1. The van der Waals surface area contributed by atoms with E-state index in [0.717, 1.165) is 56.2 Å². The van der Waals surface area contributed by atoms with Gasteiger partial charge in [0.2, 0.25) is 0 Å². The Morgan fingerprint density at radius 1 is 1.38 bits per heavy atom. The summed E-state index contributed by atoms with van der Waals surface area (Å²) in [6, 6.07) is 0. The molecule has 0 bridgehead atoms. The molecule has 0 aliphatic carbocycles. The van der Waals surface area contributed by atoms with E-state index in [4.69, 9.17) is 5.73 Å². The van der Waals surface area contributed by atoms with Gasteiger partial charge in [-0.05, 0) is 6.42 Å². The van der Waals surface area contributed by atoms with Crippen molar-refractivity contribution in [2.45, 2.75) is 19.8 Å². The first-order chi connectivity index (χ1) is 7.74. The van der Waals surface area contributed by atoms with Gasteiger partial charge in [-0.3, -0.25) is 4.68 Å². The third kappa shape index (κ3) is 2.00. The van der Waals surface area contributed by atoms with Gasteiger partial charge in [-0.1, -0.05) is 13.3 Å². The average Bonchev–Trinajstić information content (AvgIpc) is 2.56. The summed E-state index contributed by atoms with van der Waals surface area (Å²) in [7, 11) is 1.98. The summed E-state index contributed by atoms with van der Waals surface area (Å²) in [5.74, 6) is 1.09. The van der Waals surface area contributed by atoms with Crippen LogP contribution in [0.1, 0.15) is 19.0 Å². The molecule has 0 aromatic carbocycles. The number of anilines is 2. The van der Waals surface area contributed by atoms with Gasteiger partial charge >= 0.3 is 0 Å². The molecule has 0 spiro atoms. The summed E-state index contributed by atoms with van der Waals surface area (Å²) < 4.78 is 1.92. The van der Waals surface area contributed by atoms with Crippen LogP contribution in [0.3, 0.4) is 0 Å². The third-order valence-corrected chi connectivity index (χ3v) is 3.03. The highest BCUT2D eigenvalue weighted by molar-refractivity contribution is 5.66. The molecule has 0 unspecified atom stereocenters. The SMILES string of the molecule is CCCc1nn(C)c(N2CCNCC2)c1N. The fourth-order valence-electron chi connectivity index (χ4n) is 2.26. The number of rotatable bonds is 3. The van der Waals surface area contributed by atoms with Crippen molar-refractivity contribution in [3.8, 4) is 0 Å². The fraction of sp³-hybridized carbons (Fsp3) is 0.727. The lowest BCUT2D eigenvalue weighted by molar-refractivity contribution is 0.572. The van der Waals surface area contributed by atoms with Gasteiger partial charge in [-0.15, -0.1) is 0 Å². The van der Waals surface area contributed by atoms with Crippen molar-refractivity contribution in [1.82, 2.24) is 15.1 Å². The van der Waals surface area contributed by atoms with Crippen molar-refractivity contribution in [2.75, 3.05) is 36.8 Å². The van der Waals surface area contributed by atoms with E-state index in [0.29, 0.717) is 0 Å². The molecule has 0 radical (unpaired) electrons. The van der Waals surface area contributed by atoms with Gasteiger partial charge in [-0.2, -0.15) is 5.10 Å². The monoisotopic (exact) mass is 223 g/mol. The number of nitrogens with one attached hydrogen (secondary N) is 1. The molecule has 5 nitrogen and oxygen atoms in total. The number of hydrogen-bond donors (Lipinski definition) is 2. The van der Waals surface area contributed by atoms with E-state index in [1.165, 1.54) is 0 Å². The van der Waals surface area contributed by atoms with Crippen LogP contribution in [0.2, 0.25) is 0 Å². The molecule has 3 N–H and O–H groups in total. The molecule has 1 aliphatic rings. The van der Waals surface area contributed by atoms with Gasteiger partial charge in [-0.25, -0.2) is 0 Å². The molecular weight excluding hydrogens is 202 g/mol. The van der Waals surface area contributed by atoms with Crippen molar-refractivity contribution in [1.29, 1.82) is 0 Å². The summed E-state index contributed by atoms with van der Waals surface area (Å²) in [5, 5.41) is 7.85. The number of nitrogens with zero attached hydrogens (tertiary/aromatic N) is 3. The highest BCUT2D eigenvalue weighted by atomic mass is 15.4. The first kappa shape index (κ1) is 11.3. The van der Waals surface area contributed by atoms with Gasteiger partial charge in [0.1, 0.15) is 5.82 Å². The Morgan fingerprint density at radius 3 is 2.69 bits per heavy atom. The first-order valence-electron chi connectivity index (χ1n) is 6.01. The Kier molecular flexibility index (Phi) is 3.33. The maximum absolute atomic E-state index is 6.18. The number of hydrogen-bond acceptors (Lipinski definition) is 4. The molecule has 0 saturated carbocycles. The van der Waals surface area contributed by atoms with Crippen LogP contribution in [0.4, 0.5) is 11.5 Å². The highest BCUT2D eigenvalue weighted by Gasteiger charge is 2.20. The lowest BCUT2D eigenvalue weighted by atomic mass is 10.2. The van der Waals surface area contributed by atoms with E-state index < -0.39 is 0 Å². The van der Waals surface area contributed by atoms with E-state index in [1.807, 2.05) is 11.7 Å². The quantitative estimate of drug-likeness (QED) is 0.777. The molecule has 16 heavy (non-hydrogen) atoms. The summed E-state index contributed by atoms with van der Waals surface area (Å²) in [6.07, 6.45) is 2.05. The van der Waals surface area contributed by atoms with Crippen LogP contribution < -0.4 is 16.0 Å².